The zero-order valence-corrected chi connectivity index (χ0v) is 14.9. The number of halogens is 3. The molecule has 0 aliphatic carbocycles. The van der Waals surface area contributed by atoms with Gasteiger partial charge in [-0.05, 0) is 18.9 Å². The largest absolute Gasteiger partial charge is 0.432 e. The monoisotopic (exact) mass is 378 g/mol. The topological polar surface area (TPSA) is 52.2 Å². The third kappa shape index (κ3) is 3.34. The van der Waals surface area contributed by atoms with Gasteiger partial charge in [0.05, 0.1) is 18.8 Å². The summed E-state index contributed by atoms with van der Waals surface area (Å²) in [6.45, 7) is 3.06. The summed E-state index contributed by atoms with van der Waals surface area (Å²) in [5.74, 6) is 0.381. The molecule has 0 spiro atoms. The fraction of sp³-hybridized carbons (Fsp3) is 0.474. The molecule has 3 atom stereocenters. The van der Waals surface area contributed by atoms with Gasteiger partial charge in [-0.2, -0.15) is 13.2 Å². The number of fused-ring (bicyclic) bond motifs is 1. The van der Waals surface area contributed by atoms with E-state index in [2.05, 4.69) is 14.9 Å². The molecule has 5 nitrogen and oxygen atoms in total. The molecule has 0 bridgehead atoms. The lowest BCUT2D eigenvalue weighted by Crippen LogP contribution is -2.38. The molecule has 1 aromatic heterocycles. The van der Waals surface area contributed by atoms with Gasteiger partial charge >= 0.3 is 6.18 Å². The third-order valence-corrected chi connectivity index (χ3v) is 5.64. The first-order valence-corrected chi connectivity index (χ1v) is 9.06. The summed E-state index contributed by atoms with van der Waals surface area (Å²) in [6.07, 6.45) is -2.38. The number of amides is 1. The first kappa shape index (κ1) is 18.0. The predicted octanol–water partition coefficient (Wildman–Crippen LogP) is 3.36. The van der Waals surface area contributed by atoms with Crippen LogP contribution >= 0.6 is 0 Å². The molecule has 0 saturated carbocycles. The maximum atomic E-state index is 12.7. The molecule has 2 aliphatic rings. The van der Waals surface area contributed by atoms with E-state index in [0.29, 0.717) is 6.42 Å². The molecule has 1 aromatic carbocycles. The summed E-state index contributed by atoms with van der Waals surface area (Å²) in [7, 11) is 0. The number of imidazole rings is 1. The van der Waals surface area contributed by atoms with E-state index in [4.69, 9.17) is 0 Å². The van der Waals surface area contributed by atoms with E-state index >= 15 is 0 Å². The third-order valence-electron chi connectivity index (χ3n) is 5.64. The van der Waals surface area contributed by atoms with Crippen LogP contribution in [0.5, 0.6) is 0 Å². The van der Waals surface area contributed by atoms with Crippen LogP contribution in [0.1, 0.15) is 42.9 Å². The van der Waals surface area contributed by atoms with Crippen molar-refractivity contribution in [1.82, 2.24) is 19.8 Å². The Kier molecular flexibility index (Phi) is 4.46. The number of hydrogen-bond donors (Lipinski definition) is 1. The Hall–Kier alpha value is -2.35. The van der Waals surface area contributed by atoms with Crippen molar-refractivity contribution >= 4 is 5.91 Å². The number of carbonyl (C=O) groups is 1. The molecule has 0 radical (unpaired) electrons. The van der Waals surface area contributed by atoms with Crippen LogP contribution in [-0.4, -0.2) is 44.3 Å². The van der Waals surface area contributed by atoms with E-state index < -0.39 is 11.9 Å². The van der Waals surface area contributed by atoms with Gasteiger partial charge in [0.25, 0.3) is 0 Å². The van der Waals surface area contributed by atoms with Gasteiger partial charge in [0.1, 0.15) is 11.5 Å². The van der Waals surface area contributed by atoms with Crippen LogP contribution in [0.15, 0.2) is 36.5 Å². The van der Waals surface area contributed by atoms with E-state index in [0.717, 1.165) is 24.7 Å². The summed E-state index contributed by atoms with van der Waals surface area (Å²) in [5, 5.41) is 0. The van der Waals surface area contributed by atoms with Gasteiger partial charge in [-0.3, -0.25) is 9.69 Å². The highest BCUT2D eigenvalue weighted by Crippen LogP contribution is 2.38. The number of nitrogens with zero attached hydrogens (tertiary/aromatic N) is 3. The van der Waals surface area contributed by atoms with E-state index in [1.807, 2.05) is 42.2 Å². The number of aromatic nitrogens is 2. The summed E-state index contributed by atoms with van der Waals surface area (Å²) in [5.41, 5.74) is 0.251. The molecule has 27 heavy (non-hydrogen) atoms. The SMILES string of the molecule is CC(c1ccccc1)N1C(=O)C[C@H]2[C@@H]1CCN2Cc1ncc(C(F)(F)F)[nH]1. The van der Waals surface area contributed by atoms with Crippen molar-refractivity contribution in [2.24, 2.45) is 0 Å². The van der Waals surface area contributed by atoms with Crippen molar-refractivity contribution in [3.8, 4) is 0 Å². The molecule has 2 aliphatic heterocycles. The first-order valence-electron chi connectivity index (χ1n) is 9.06. The fourth-order valence-corrected chi connectivity index (χ4v) is 4.33. The molecule has 1 unspecified atom stereocenters. The minimum absolute atomic E-state index is 0.0168. The number of rotatable bonds is 4. The summed E-state index contributed by atoms with van der Waals surface area (Å²) >= 11 is 0. The Morgan fingerprint density at radius 1 is 1.26 bits per heavy atom. The number of nitrogens with one attached hydrogen (secondary N) is 1. The normalized spacial score (nSPS) is 24.4. The average molecular weight is 378 g/mol. The minimum atomic E-state index is -4.43. The van der Waals surface area contributed by atoms with Gasteiger partial charge in [0.15, 0.2) is 0 Å². The molecule has 8 heteroatoms. The van der Waals surface area contributed by atoms with E-state index in [1.54, 1.807) is 0 Å². The zero-order valence-electron chi connectivity index (χ0n) is 14.9. The van der Waals surface area contributed by atoms with Crippen LogP contribution in [0, 0.1) is 0 Å². The molecule has 2 fully saturated rings. The Balaban J connectivity index is 1.48. The lowest BCUT2D eigenvalue weighted by Gasteiger charge is -2.31. The first-order chi connectivity index (χ1) is 12.8. The molecular formula is C19H21F3N4O. The van der Waals surface area contributed by atoms with Gasteiger partial charge < -0.3 is 9.88 Å². The lowest BCUT2D eigenvalue weighted by molar-refractivity contribution is -0.141. The summed E-state index contributed by atoms with van der Waals surface area (Å²) in [6, 6.07) is 9.97. The summed E-state index contributed by atoms with van der Waals surface area (Å²) in [4.78, 5) is 22.9. The molecule has 3 heterocycles. The van der Waals surface area contributed by atoms with E-state index in [1.165, 1.54) is 0 Å². The number of H-pyrrole nitrogens is 1. The fourth-order valence-electron chi connectivity index (χ4n) is 4.33. The van der Waals surface area contributed by atoms with Gasteiger partial charge in [-0.15, -0.1) is 0 Å². The smallest absolute Gasteiger partial charge is 0.337 e. The van der Waals surface area contributed by atoms with Crippen molar-refractivity contribution in [3.63, 3.8) is 0 Å². The highest BCUT2D eigenvalue weighted by Gasteiger charge is 2.48. The average Bonchev–Trinajstić information content (AvgIpc) is 3.32. The second kappa shape index (κ2) is 6.67. The maximum absolute atomic E-state index is 12.7. The van der Waals surface area contributed by atoms with E-state index in [-0.39, 0.29) is 36.4 Å². The van der Waals surface area contributed by atoms with Crippen LogP contribution in [0.25, 0.3) is 0 Å². The number of alkyl halides is 3. The minimum Gasteiger partial charge on any atom is -0.337 e. The quantitative estimate of drug-likeness (QED) is 0.888. The summed E-state index contributed by atoms with van der Waals surface area (Å²) < 4.78 is 38.2. The van der Waals surface area contributed by atoms with Crippen molar-refractivity contribution < 1.29 is 18.0 Å². The van der Waals surface area contributed by atoms with Gasteiger partial charge in [0, 0.05) is 25.0 Å². The Labute approximate surface area is 155 Å². The van der Waals surface area contributed by atoms with Crippen LogP contribution in [0.3, 0.4) is 0 Å². The zero-order chi connectivity index (χ0) is 19.2. The van der Waals surface area contributed by atoms with Crippen molar-refractivity contribution in [1.29, 1.82) is 0 Å². The molecular weight excluding hydrogens is 357 g/mol. The van der Waals surface area contributed by atoms with Crippen LogP contribution in [0.4, 0.5) is 13.2 Å². The number of aromatic amines is 1. The van der Waals surface area contributed by atoms with Crippen LogP contribution < -0.4 is 0 Å². The molecule has 2 saturated heterocycles. The number of hydrogen-bond acceptors (Lipinski definition) is 3. The van der Waals surface area contributed by atoms with Crippen LogP contribution in [0.2, 0.25) is 0 Å². The standard InChI is InChI=1S/C19H21F3N4O/c1-12(13-5-3-2-4-6-13)26-14-7-8-25(15(14)9-18(26)27)11-17-23-10-16(24-17)19(20,21)22/h2-6,10,12,14-15H,7-9,11H2,1H3,(H,23,24)/t12?,14-,15-/m0/s1. The second-order valence-electron chi connectivity index (χ2n) is 7.23. The number of likely N-dealkylation sites (tertiary alicyclic amines) is 2. The number of carbonyl (C=O) groups excluding carboxylic acids is 1. The second-order valence-corrected chi connectivity index (χ2v) is 7.23. The van der Waals surface area contributed by atoms with Crippen LogP contribution in [-0.2, 0) is 17.5 Å². The molecule has 1 N–H and O–H groups in total. The maximum Gasteiger partial charge on any atom is 0.432 e. The molecule has 4 rings (SSSR count). The molecule has 144 valence electrons. The molecule has 2 aromatic rings. The predicted molar refractivity (Wildman–Crippen MR) is 92.5 cm³/mol. The van der Waals surface area contributed by atoms with Crippen molar-refractivity contribution in [2.45, 2.75) is 50.6 Å². The number of benzene rings is 1. The van der Waals surface area contributed by atoms with Gasteiger partial charge in [0.2, 0.25) is 5.91 Å². The Morgan fingerprint density at radius 3 is 2.67 bits per heavy atom. The van der Waals surface area contributed by atoms with Crippen molar-refractivity contribution in [2.75, 3.05) is 6.54 Å². The Bertz CT molecular complexity index is 820. The highest BCUT2D eigenvalue weighted by atomic mass is 19.4. The highest BCUT2D eigenvalue weighted by molar-refractivity contribution is 5.80. The van der Waals surface area contributed by atoms with E-state index in [9.17, 15) is 18.0 Å². The lowest BCUT2D eigenvalue weighted by atomic mass is 10.0. The van der Waals surface area contributed by atoms with Gasteiger partial charge in [-0.25, -0.2) is 4.98 Å². The Morgan fingerprint density at radius 2 is 2.00 bits per heavy atom. The van der Waals surface area contributed by atoms with Crippen molar-refractivity contribution in [3.05, 3.63) is 53.6 Å². The molecule has 1 amide bonds. The van der Waals surface area contributed by atoms with Gasteiger partial charge in [-0.1, -0.05) is 30.3 Å².